The average Bonchev–Trinajstić information content (AvgIpc) is 2.25. The summed E-state index contributed by atoms with van der Waals surface area (Å²) >= 11 is 5.81. The zero-order valence-electron chi connectivity index (χ0n) is 9.65. The highest BCUT2D eigenvalue weighted by Gasteiger charge is 2.02. The molecule has 0 radical (unpaired) electrons. The fourth-order valence-corrected chi connectivity index (χ4v) is 1.34. The molecule has 0 aliphatic heterocycles. The lowest BCUT2D eigenvalue weighted by molar-refractivity contribution is -0.110. The minimum atomic E-state index is -0.446. The van der Waals surface area contributed by atoms with E-state index in [0.29, 0.717) is 0 Å². The van der Waals surface area contributed by atoms with Crippen molar-refractivity contribution in [2.75, 3.05) is 14.1 Å². The highest BCUT2D eigenvalue weighted by atomic mass is 35.5. The first-order valence-corrected chi connectivity index (χ1v) is 5.39. The number of halogens is 2. The predicted octanol–water partition coefficient (Wildman–Crippen LogP) is 3.14. The van der Waals surface area contributed by atoms with E-state index < -0.39 is 5.82 Å². The van der Waals surface area contributed by atoms with Crippen LogP contribution in [0.15, 0.2) is 36.6 Å². The van der Waals surface area contributed by atoms with Gasteiger partial charge in [-0.2, -0.15) is 0 Å². The minimum absolute atomic E-state index is 0.223. The highest BCUT2D eigenvalue weighted by Crippen LogP contribution is 2.20. The Balaban J connectivity index is 2.81. The van der Waals surface area contributed by atoms with Crippen molar-refractivity contribution in [1.29, 1.82) is 0 Å². The minimum Gasteiger partial charge on any atom is -0.383 e. The summed E-state index contributed by atoms with van der Waals surface area (Å²) in [4.78, 5) is 13.1. The van der Waals surface area contributed by atoms with Gasteiger partial charge in [0.05, 0.1) is 5.02 Å². The van der Waals surface area contributed by atoms with Crippen LogP contribution < -0.4 is 0 Å². The molecular weight excluding hydrogens is 241 g/mol. The molecule has 0 aromatic heterocycles. The molecule has 0 saturated carbocycles. The number of carbonyl (C=O) groups is 1. The van der Waals surface area contributed by atoms with Gasteiger partial charge in [0.1, 0.15) is 5.82 Å². The number of hydrogen-bond acceptors (Lipinski definition) is 2. The summed E-state index contributed by atoms with van der Waals surface area (Å²) in [7, 11) is 3.61. The Hall–Kier alpha value is -1.61. The molecule has 1 aromatic rings. The van der Waals surface area contributed by atoms with Gasteiger partial charge in [0.15, 0.2) is 5.78 Å². The van der Waals surface area contributed by atoms with Gasteiger partial charge in [-0.1, -0.05) is 17.7 Å². The molecule has 90 valence electrons. The first-order chi connectivity index (χ1) is 8.00. The van der Waals surface area contributed by atoms with E-state index >= 15 is 0 Å². The van der Waals surface area contributed by atoms with Crippen LogP contribution in [0.2, 0.25) is 5.02 Å². The number of hydrogen-bond donors (Lipinski definition) is 0. The summed E-state index contributed by atoms with van der Waals surface area (Å²) in [6.07, 6.45) is 5.67. The standard InChI is InChI=1S/C13H13ClFNO/c1-16(2)9-8-10(17)6-7-11-12(14)4-3-5-13(11)15/h3-9H,1-2H3/b7-6-,9-8+. The molecule has 0 aliphatic carbocycles. The Morgan fingerprint density at radius 3 is 2.65 bits per heavy atom. The monoisotopic (exact) mass is 253 g/mol. The van der Waals surface area contributed by atoms with E-state index in [1.54, 1.807) is 31.3 Å². The van der Waals surface area contributed by atoms with Crippen LogP contribution in [-0.2, 0) is 4.79 Å². The Morgan fingerprint density at radius 2 is 2.06 bits per heavy atom. The number of benzene rings is 1. The lowest BCUT2D eigenvalue weighted by Crippen LogP contribution is -2.01. The third-order valence-electron chi connectivity index (χ3n) is 1.95. The van der Waals surface area contributed by atoms with Gasteiger partial charge in [-0.15, -0.1) is 0 Å². The van der Waals surface area contributed by atoms with E-state index in [9.17, 15) is 9.18 Å². The molecule has 1 rings (SSSR count). The second-order valence-electron chi connectivity index (χ2n) is 3.65. The Kier molecular flexibility index (Phi) is 4.91. The molecule has 0 N–H and O–H groups in total. The fourth-order valence-electron chi connectivity index (χ4n) is 1.11. The molecule has 0 atom stereocenters. The van der Waals surface area contributed by atoms with Gasteiger partial charge in [0.2, 0.25) is 0 Å². The molecule has 0 saturated heterocycles. The van der Waals surface area contributed by atoms with Crippen molar-refractivity contribution in [3.63, 3.8) is 0 Å². The average molecular weight is 254 g/mol. The SMILES string of the molecule is CN(C)/C=C/C(=O)/C=C\c1c(F)cccc1Cl. The van der Waals surface area contributed by atoms with E-state index in [0.717, 1.165) is 0 Å². The lowest BCUT2D eigenvalue weighted by atomic mass is 10.2. The smallest absolute Gasteiger partial charge is 0.180 e. The quantitative estimate of drug-likeness (QED) is 0.769. The van der Waals surface area contributed by atoms with Gasteiger partial charge in [-0.3, -0.25) is 4.79 Å². The van der Waals surface area contributed by atoms with E-state index in [1.165, 1.54) is 30.4 Å². The molecule has 0 amide bonds. The van der Waals surface area contributed by atoms with Crippen LogP contribution in [0.25, 0.3) is 6.08 Å². The van der Waals surface area contributed by atoms with Crippen LogP contribution in [0.5, 0.6) is 0 Å². The van der Waals surface area contributed by atoms with Crippen molar-refractivity contribution < 1.29 is 9.18 Å². The molecule has 17 heavy (non-hydrogen) atoms. The number of allylic oxidation sites excluding steroid dienone is 2. The Morgan fingerprint density at radius 1 is 1.35 bits per heavy atom. The van der Waals surface area contributed by atoms with Gasteiger partial charge in [0, 0.05) is 31.9 Å². The summed E-state index contributed by atoms with van der Waals surface area (Å²) in [6, 6.07) is 4.39. The van der Waals surface area contributed by atoms with Crippen LogP contribution in [0, 0.1) is 5.82 Å². The molecule has 0 bridgehead atoms. The highest BCUT2D eigenvalue weighted by molar-refractivity contribution is 6.32. The predicted molar refractivity (Wildman–Crippen MR) is 68.3 cm³/mol. The maximum atomic E-state index is 13.3. The molecule has 4 heteroatoms. The molecule has 0 unspecified atom stereocenters. The number of nitrogens with zero attached hydrogens (tertiary/aromatic N) is 1. The summed E-state index contributed by atoms with van der Waals surface area (Å²) < 4.78 is 13.3. The van der Waals surface area contributed by atoms with Crippen molar-refractivity contribution in [2.24, 2.45) is 0 Å². The first-order valence-electron chi connectivity index (χ1n) is 5.01. The molecule has 0 aliphatic rings. The van der Waals surface area contributed by atoms with Crippen LogP contribution in [0.3, 0.4) is 0 Å². The molecule has 0 fully saturated rings. The third kappa shape index (κ3) is 4.41. The van der Waals surface area contributed by atoms with Crippen LogP contribution in [0.4, 0.5) is 4.39 Å². The van der Waals surface area contributed by atoms with Gasteiger partial charge in [0.25, 0.3) is 0 Å². The van der Waals surface area contributed by atoms with Crippen molar-refractivity contribution in [3.05, 3.63) is 53.0 Å². The molecule has 2 nitrogen and oxygen atoms in total. The molecular formula is C13H13ClFNO. The summed E-state index contributed by atoms with van der Waals surface area (Å²) in [5, 5.41) is 0.283. The lowest BCUT2D eigenvalue weighted by Gasteiger charge is -2.01. The Bertz CT molecular complexity index is 446. The number of carbonyl (C=O) groups excluding carboxylic acids is 1. The maximum absolute atomic E-state index is 13.3. The van der Waals surface area contributed by atoms with Gasteiger partial charge >= 0.3 is 0 Å². The maximum Gasteiger partial charge on any atom is 0.180 e. The van der Waals surface area contributed by atoms with Crippen molar-refractivity contribution in [3.8, 4) is 0 Å². The number of ketones is 1. The van der Waals surface area contributed by atoms with Gasteiger partial charge in [-0.25, -0.2) is 4.39 Å². The van der Waals surface area contributed by atoms with Gasteiger partial charge in [-0.05, 0) is 24.3 Å². The summed E-state index contributed by atoms with van der Waals surface area (Å²) in [5.74, 6) is -0.670. The normalized spacial score (nSPS) is 11.3. The summed E-state index contributed by atoms with van der Waals surface area (Å²) in [6.45, 7) is 0. The fraction of sp³-hybridized carbons (Fsp3) is 0.154. The second-order valence-corrected chi connectivity index (χ2v) is 4.06. The molecule has 0 heterocycles. The first kappa shape index (κ1) is 13.5. The largest absolute Gasteiger partial charge is 0.383 e. The van der Waals surface area contributed by atoms with Crippen LogP contribution in [0.1, 0.15) is 5.56 Å². The zero-order chi connectivity index (χ0) is 12.8. The molecule has 0 spiro atoms. The Labute approximate surface area is 105 Å². The van der Waals surface area contributed by atoms with Crippen LogP contribution in [-0.4, -0.2) is 24.8 Å². The van der Waals surface area contributed by atoms with Crippen molar-refractivity contribution in [1.82, 2.24) is 4.90 Å². The number of rotatable bonds is 4. The molecule has 1 aromatic carbocycles. The van der Waals surface area contributed by atoms with E-state index in [1.807, 2.05) is 0 Å². The van der Waals surface area contributed by atoms with Crippen LogP contribution >= 0.6 is 11.6 Å². The van der Waals surface area contributed by atoms with E-state index in [2.05, 4.69) is 0 Å². The topological polar surface area (TPSA) is 20.3 Å². The van der Waals surface area contributed by atoms with Gasteiger partial charge < -0.3 is 4.90 Å². The zero-order valence-corrected chi connectivity index (χ0v) is 10.4. The second kappa shape index (κ2) is 6.21. The van der Waals surface area contributed by atoms with Crippen molar-refractivity contribution in [2.45, 2.75) is 0 Å². The third-order valence-corrected chi connectivity index (χ3v) is 2.28. The van der Waals surface area contributed by atoms with Crippen molar-refractivity contribution >= 4 is 23.5 Å². The van der Waals surface area contributed by atoms with E-state index in [-0.39, 0.29) is 16.4 Å². The van der Waals surface area contributed by atoms with E-state index in [4.69, 9.17) is 11.6 Å². The summed E-state index contributed by atoms with van der Waals surface area (Å²) in [5.41, 5.74) is 0.223.